The van der Waals surface area contributed by atoms with Gasteiger partial charge in [0.1, 0.15) is 6.04 Å². The number of amides is 2. The first-order chi connectivity index (χ1) is 12.5. The molecule has 1 aromatic carbocycles. The molecule has 2 aromatic rings. The van der Waals surface area contributed by atoms with Gasteiger partial charge < -0.3 is 15.1 Å². The molecule has 2 heterocycles. The van der Waals surface area contributed by atoms with Crippen LogP contribution in [0, 0.1) is 0 Å². The number of halogens is 1. The summed E-state index contributed by atoms with van der Waals surface area (Å²) in [6.45, 7) is 4.86. The Kier molecular flexibility index (Phi) is 6.29. The Hall–Kier alpha value is -1.89. The molecule has 2 amide bonds. The van der Waals surface area contributed by atoms with Crippen LogP contribution in [0.5, 0.6) is 0 Å². The fourth-order valence-corrected chi connectivity index (χ4v) is 3.84. The van der Waals surface area contributed by atoms with E-state index in [4.69, 9.17) is 11.6 Å². The molecule has 0 saturated carbocycles. The molecule has 0 unspecified atom stereocenters. The number of nitrogens with zero attached hydrogens (tertiary/aromatic N) is 2. The van der Waals surface area contributed by atoms with Crippen LogP contribution in [-0.2, 0) is 4.79 Å². The van der Waals surface area contributed by atoms with Gasteiger partial charge in [0, 0.05) is 36.8 Å². The maximum atomic E-state index is 12.5. The molecule has 1 fully saturated rings. The van der Waals surface area contributed by atoms with E-state index in [1.54, 1.807) is 0 Å². The minimum atomic E-state index is 0.0648. The van der Waals surface area contributed by atoms with E-state index in [2.05, 4.69) is 6.92 Å². The maximum absolute atomic E-state index is 12.5. The average molecular weight is 393 g/mol. The number of thiophene rings is 1. The third kappa shape index (κ3) is 4.63. The van der Waals surface area contributed by atoms with E-state index in [1.807, 2.05) is 56.9 Å². The van der Waals surface area contributed by atoms with Gasteiger partial charge >= 0.3 is 0 Å². The minimum Gasteiger partial charge on any atom is -0.334 e. The van der Waals surface area contributed by atoms with E-state index in [-0.39, 0.29) is 17.9 Å². The zero-order chi connectivity index (χ0) is 18.5. The lowest BCUT2D eigenvalue weighted by Crippen LogP contribution is -2.87. The van der Waals surface area contributed by atoms with Gasteiger partial charge in [-0.15, -0.1) is 11.3 Å². The van der Waals surface area contributed by atoms with Gasteiger partial charge in [0.2, 0.25) is 0 Å². The highest BCUT2D eigenvalue weighted by Gasteiger charge is 2.26. The first-order valence-electron chi connectivity index (χ1n) is 8.74. The summed E-state index contributed by atoms with van der Waals surface area (Å²) in [6.07, 6.45) is 0. The van der Waals surface area contributed by atoms with Gasteiger partial charge in [-0.05, 0) is 30.5 Å². The fraction of sp³-hybridized carbons (Fsp3) is 0.368. The van der Waals surface area contributed by atoms with Crippen LogP contribution in [0.25, 0.3) is 0 Å². The van der Waals surface area contributed by atoms with Crippen LogP contribution in [0.4, 0.5) is 0 Å². The van der Waals surface area contributed by atoms with Gasteiger partial charge in [-0.3, -0.25) is 9.59 Å². The SMILES string of the molecule is C[C@@H]([NH2+]CC(=O)N1CCN(C(=O)c2cccs2)CC1)c1ccc(Cl)cc1. The Balaban J connectivity index is 1.45. The Labute approximate surface area is 162 Å². The van der Waals surface area contributed by atoms with Crippen molar-refractivity contribution >= 4 is 34.8 Å². The molecule has 0 spiro atoms. The quantitative estimate of drug-likeness (QED) is 0.846. The standard InChI is InChI=1S/C19H22ClN3O2S/c1-14(15-4-6-16(20)7-5-15)21-13-18(24)22-8-10-23(11-9-22)19(25)17-3-2-12-26-17/h2-7,12,14,21H,8-11,13H2,1H3/p+1/t14-/m1/s1. The third-order valence-electron chi connectivity index (χ3n) is 4.69. The van der Waals surface area contributed by atoms with Crippen LogP contribution in [-0.4, -0.2) is 54.3 Å². The van der Waals surface area contributed by atoms with E-state index in [0.717, 1.165) is 10.4 Å². The van der Waals surface area contributed by atoms with E-state index >= 15 is 0 Å². The summed E-state index contributed by atoms with van der Waals surface area (Å²) < 4.78 is 0. The van der Waals surface area contributed by atoms with Gasteiger partial charge in [0.25, 0.3) is 11.8 Å². The molecule has 0 bridgehead atoms. The molecule has 0 radical (unpaired) electrons. The van der Waals surface area contributed by atoms with Crippen molar-refractivity contribution in [1.29, 1.82) is 0 Å². The van der Waals surface area contributed by atoms with Crippen molar-refractivity contribution in [3.63, 3.8) is 0 Å². The van der Waals surface area contributed by atoms with Gasteiger partial charge in [-0.2, -0.15) is 0 Å². The second-order valence-electron chi connectivity index (χ2n) is 6.43. The number of hydrogen-bond acceptors (Lipinski definition) is 3. The Morgan fingerprint density at radius 1 is 1.12 bits per heavy atom. The lowest BCUT2D eigenvalue weighted by molar-refractivity contribution is -0.683. The number of carbonyl (C=O) groups is 2. The minimum absolute atomic E-state index is 0.0648. The summed E-state index contributed by atoms with van der Waals surface area (Å²) in [5, 5.41) is 4.66. The van der Waals surface area contributed by atoms with Crippen LogP contribution >= 0.6 is 22.9 Å². The highest BCUT2D eigenvalue weighted by molar-refractivity contribution is 7.12. The lowest BCUT2D eigenvalue weighted by Gasteiger charge is -2.34. The molecule has 7 heteroatoms. The molecule has 138 valence electrons. The first-order valence-corrected chi connectivity index (χ1v) is 9.99. The van der Waals surface area contributed by atoms with E-state index in [0.29, 0.717) is 37.7 Å². The van der Waals surface area contributed by atoms with Crippen molar-refractivity contribution in [2.24, 2.45) is 0 Å². The van der Waals surface area contributed by atoms with E-state index in [1.165, 1.54) is 11.3 Å². The summed E-state index contributed by atoms with van der Waals surface area (Å²) >= 11 is 7.37. The molecular weight excluding hydrogens is 370 g/mol. The lowest BCUT2D eigenvalue weighted by atomic mass is 10.1. The van der Waals surface area contributed by atoms with E-state index < -0.39 is 0 Å². The third-order valence-corrected chi connectivity index (χ3v) is 5.80. The van der Waals surface area contributed by atoms with Crippen LogP contribution in [0.1, 0.15) is 28.2 Å². The van der Waals surface area contributed by atoms with Crippen molar-refractivity contribution in [3.05, 3.63) is 57.2 Å². The topological polar surface area (TPSA) is 57.2 Å². The largest absolute Gasteiger partial charge is 0.334 e. The summed E-state index contributed by atoms with van der Waals surface area (Å²) in [4.78, 5) is 29.3. The normalized spacial score (nSPS) is 15.8. The number of hydrogen-bond donors (Lipinski definition) is 1. The molecule has 2 N–H and O–H groups in total. The summed E-state index contributed by atoms with van der Waals surface area (Å²) in [5.74, 6) is 0.184. The van der Waals surface area contributed by atoms with Gasteiger partial charge in [-0.1, -0.05) is 29.8 Å². The van der Waals surface area contributed by atoms with Gasteiger partial charge in [0.15, 0.2) is 6.54 Å². The highest BCUT2D eigenvalue weighted by Crippen LogP contribution is 2.15. The van der Waals surface area contributed by atoms with Crippen LogP contribution in [0.2, 0.25) is 5.02 Å². The number of quaternary nitrogens is 1. The van der Waals surface area contributed by atoms with Gasteiger partial charge in [-0.25, -0.2) is 0 Å². The Morgan fingerprint density at radius 3 is 2.38 bits per heavy atom. The van der Waals surface area contributed by atoms with E-state index in [9.17, 15) is 9.59 Å². The second-order valence-corrected chi connectivity index (χ2v) is 7.81. The molecule has 1 atom stereocenters. The van der Waals surface area contributed by atoms with Gasteiger partial charge in [0.05, 0.1) is 4.88 Å². The maximum Gasteiger partial charge on any atom is 0.277 e. The molecule has 5 nitrogen and oxygen atoms in total. The Morgan fingerprint density at radius 2 is 1.77 bits per heavy atom. The number of rotatable bonds is 5. The molecule has 1 saturated heterocycles. The average Bonchev–Trinajstić information content (AvgIpc) is 3.20. The molecule has 0 aliphatic carbocycles. The predicted octanol–water partition coefficient (Wildman–Crippen LogP) is 2.01. The predicted molar refractivity (Wildman–Crippen MR) is 103 cm³/mol. The summed E-state index contributed by atoms with van der Waals surface area (Å²) in [5.41, 5.74) is 1.15. The van der Waals surface area contributed by atoms with Crippen LogP contribution < -0.4 is 5.32 Å². The van der Waals surface area contributed by atoms with Crippen molar-refractivity contribution in [2.45, 2.75) is 13.0 Å². The molecule has 26 heavy (non-hydrogen) atoms. The number of piperazine rings is 1. The molecular formula is C19H23ClN3O2S+. The summed E-state index contributed by atoms with van der Waals surface area (Å²) in [6, 6.07) is 11.6. The summed E-state index contributed by atoms with van der Waals surface area (Å²) in [7, 11) is 0. The van der Waals surface area contributed by atoms with Crippen molar-refractivity contribution < 1.29 is 14.9 Å². The van der Waals surface area contributed by atoms with Crippen LogP contribution in [0.15, 0.2) is 41.8 Å². The second kappa shape index (κ2) is 8.66. The molecule has 1 aliphatic heterocycles. The monoisotopic (exact) mass is 392 g/mol. The zero-order valence-corrected chi connectivity index (χ0v) is 16.3. The molecule has 1 aliphatic rings. The molecule has 3 rings (SSSR count). The smallest absolute Gasteiger partial charge is 0.277 e. The number of carbonyl (C=O) groups excluding carboxylic acids is 2. The Bertz CT molecular complexity index is 741. The highest BCUT2D eigenvalue weighted by atomic mass is 35.5. The fourth-order valence-electron chi connectivity index (χ4n) is 3.02. The number of nitrogens with two attached hydrogens (primary N) is 1. The van der Waals surface area contributed by atoms with Crippen LogP contribution in [0.3, 0.4) is 0 Å². The van der Waals surface area contributed by atoms with Crippen molar-refractivity contribution in [1.82, 2.24) is 9.80 Å². The molecule has 1 aromatic heterocycles. The first kappa shape index (κ1) is 18.9. The van der Waals surface area contributed by atoms with Crippen molar-refractivity contribution in [3.8, 4) is 0 Å². The zero-order valence-electron chi connectivity index (χ0n) is 14.7. The number of benzene rings is 1. The van der Waals surface area contributed by atoms with Crippen molar-refractivity contribution in [2.75, 3.05) is 32.7 Å².